The maximum absolute atomic E-state index is 13.5. The summed E-state index contributed by atoms with van der Waals surface area (Å²) < 4.78 is 23.4. The van der Waals surface area contributed by atoms with Crippen molar-refractivity contribution in [2.75, 3.05) is 12.8 Å². The summed E-state index contributed by atoms with van der Waals surface area (Å²) in [6, 6.07) is 6.78. The van der Waals surface area contributed by atoms with Gasteiger partial charge in [-0.15, -0.1) is 0 Å². The van der Waals surface area contributed by atoms with E-state index in [1.54, 1.807) is 6.07 Å². The summed E-state index contributed by atoms with van der Waals surface area (Å²) in [4.78, 5) is 15.4. The van der Waals surface area contributed by atoms with Gasteiger partial charge in [-0.05, 0) is 18.2 Å². The first-order chi connectivity index (χ1) is 10.1. The zero-order valence-corrected chi connectivity index (χ0v) is 11.0. The van der Waals surface area contributed by atoms with Crippen molar-refractivity contribution in [2.45, 2.75) is 0 Å². The highest BCUT2D eigenvalue weighted by Crippen LogP contribution is 2.28. The number of anilines is 1. The molecule has 1 heterocycles. The van der Waals surface area contributed by atoms with E-state index in [0.29, 0.717) is 0 Å². The first-order valence-electron chi connectivity index (χ1n) is 5.77. The molecule has 2 rings (SSSR count). The first kappa shape index (κ1) is 14.3. The van der Waals surface area contributed by atoms with Crippen LogP contribution in [0.3, 0.4) is 0 Å². The minimum Gasteiger partial charge on any atom is -0.465 e. The van der Waals surface area contributed by atoms with Crippen LogP contribution in [0.15, 0.2) is 30.5 Å². The molecular weight excluding hydrogens is 277 g/mol. The van der Waals surface area contributed by atoms with Gasteiger partial charge >= 0.3 is 5.97 Å². The molecular formula is C14H10FN3O3. The number of hydrogen-bond donors (Lipinski definition) is 1. The molecule has 0 fully saturated rings. The molecule has 0 atom stereocenters. The molecule has 21 heavy (non-hydrogen) atoms. The quantitative estimate of drug-likeness (QED) is 0.869. The van der Waals surface area contributed by atoms with Crippen molar-refractivity contribution in [2.24, 2.45) is 0 Å². The van der Waals surface area contributed by atoms with Crippen LogP contribution in [-0.4, -0.2) is 18.1 Å². The van der Waals surface area contributed by atoms with Crippen molar-refractivity contribution < 1.29 is 18.7 Å². The van der Waals surface area contributed by atoms with E-state index in [4.69, 9.17) is 15.7 Å². The Balaban J connectivity index is 2.34. The molecule has 2 N–H and O–H groups in total. The lowest BCUT2D eigenvalue weighted by Gasteiger charge is -2.10. The minimum absolute atomic E-state index is 0.0193. The number of methoxy groups -OCH3 is 1. The predicted molar refractivity (Wildman–Crippen MR) is 71.2 cm³/mol. The average Bonchev–Trinajstić information content (AvgIpc) is 2.49. The van der Waals surface area contributed by atoms with Crippen LogP contribution in [0.4, 0.5) is 10.1 Å². The second kappa shape index (κ2) is 5.88. The molecule has 7 heteroatoms. The highest BCUT2D eigenvalue weighted by Gasteiger charge is 2.15. The van der Waals surface area contributed by atoms with E-state index in [0.717, 1.165) is 6.07 Å². The van der Waals surface area contributed by atoms with E-state index in [1.807, 2.05) is 0 Å². The third-order valence-electron chi connectivity index (χ3n) is 2.63. The largest absolute Gasteiger partial charge is 0.465 e. The van der Waals surface area contributed by atoms with Gasteiger partial charge in [-0.3, -0.25) is 0 Å². The molecule has 0 spiro atoms. The highest BCUT2D eigenvalue weighted by atomic mass is 19.1. The smallest absolute Gasteiger partial charge is 0.340 e. The molecule has 1 aromatic heterocycles. The van der Waals surface area contributed by atoms with Crippen molar-refractivity contribution in [3.63, 3.8) is 0 Å². The van der Waals surface area contributed by atoms with Crippen LogP contribution in [0.25, 0.3) is 0 Å². The lowest BCUT2D eigenvalue weighted by molar-refractivity contribution is 0.0601. The topological polar surface area (TPSA) is 98.2 Å². The van der Waals surface area contributed by atoms with Crippen molar-refractivity contribution >= 4 is 11.7 Å². The molecule has 0 aliphatic rings. The van der Waals surface area contributed by atoms with Gasteiger partial charge in [0.15, 0.2) is 0 Å². The van der Waals surface area contributed by atoms with Crippen molar-refractivity contribution in [1.29, 1.82) is 5.26 Å². The lowest BCUT2D eigenvalue weighted by atomic mass is 10.2. The summed E-state index contributed by atoms with van der Waals surface area (Å²) >= 11 is 0. The molecule has 0 saturated heterocycles. The standard InChI is InChI=1S/C14H10FN3O3/c1-20-14(19)10-4-5-18-13(12(10)17)21-9-3-2-8(7-16)11(15)6-9/h2-6H,17H2,1H3. The molecule has 0 amide bonds. The molecule has 0 bridgehead atoms. The van der Waals surface area contributed by atoms with Gasteiger partial charge in [-0.25, -0.2) is 14.2 Å². The number of esters is 1. The summed E-state index contributed by atoms with van der Waals surface area (Å²) in [6.07, 6.45) is 1.32. The molecule has 0 saturated carbocycles. The summed E-state index contributed by atoms with van der Waals surface area (Å²) in [5, 5.41) is 8.65. The number of nitrogens with zero attached hydrogens (tertiary/aromatic N) is 2. The van der Waals surface area contributed by atoms with Crippen LogP contribution in [0, 0.1) is 17.1 Å². The van der Waals surface area contributed by atoms with Gasteiger partial charge in [-0.2, -0.15) is 5.26 Å². The monoisotopic (exact) mass is 287 g/mol. The fraction of sp³-hybridized carbons (Fsp3) is 0.0714. The highest BCUT2D eigenvalue weighted by molar-refractivity contribution is 5.96. The Labute approximate surface area is 119 Å². The number of carbonyl (C=O) groups excluding carboxylic acids is 1. The van der Waals surface area contributed by atoms with Gasteiger partial charge in [0.05, 0.1) is 18.2 Å². The van der Waals surface area contributed by atoms with E-state index in [9.17, 15) is 9.18 Å². The molecule has 0 aliphatic heterocycles. The SMILES string of the molecule is COC(=O)c1ccnc(Oc2ccc(C#N)c(F)c2)c1N. The Morgan fingerprint density at radius 3 is 2.81 bits per heavy atom. The number of halogens is 1. The summed E-state index contributed by atoms with van der Waals surface area (Å²) in [5.41, 5.74) is 5.74. The molecule has 2 aromatic rings. The zero-order chi connectivity index (χ0) is 15.4. The third-order valence-corrected chi connectivity index (χ3v) is 2.63. The second-order valence-corrected chi connectivity index (χ2v) is 3.92. The Morgan fingerprint density at radius 1 is 1.43 bits per heavy atom. The van der Waals surface area contributed by atoms with Crippen LogP contribution >= 0.6 is 0 Å². The Kier molecular flexibility index (Phi) is 4.00. The number of nitriles is 1. The molecule has 0 aliphatic carbocycles. The van der Waals surface area contributed by atoms with Gasteiger partial charge in [0.1, 0.15) is 23.3 Å². The zero-order valence-electron chi connectivity index (χ0n) is 11.0. The normalized spacial score (nSPS) is 9.76. The number of nitrogens with two attached hydrogens (primary N) is 1. The van der Waals surface area contributed by atoms with Gasteiger partial charge in [0.25, 0.3) is 0 Å². The Hall–Kier alpha value is -3.14. The summed E-state index contributed by atoms with van der Waals surface area (Å²) in [6.45, 7) is 0. The number of benzene rings is 1. The Morgan fingerprint density at radius 2 is 2.19 bits per heavy atom. The molecule has 106 valence electrons. The number of pyridine rings is 1. The van der Waals surface area contributed by atoms with Crippen molar-refractivity contribution in [3.8, 4) is 17.7 Å². The van der Waals surface area contributed by atoms with Crippen molar-refractivity contribution in [3.05, 3.63) is 47.4 Å². The predicted octanol–water partition coefficient (Wildman–Crippen LogP) is 2.25. The number of nitrogen functional groups attached to an aromatic ring is 1. The van der Waals surface area contributed by atoms with Crippen LogP contribution in [0.1, 0.15) is 15.9 Å². The first-order valence-corrected chi connectivity index (χ1v) is 5.77. The van der Waals surface area contributed by atoms with E-state index < -0.39 is 11.8 Å². The van der Waals surface area contributed by atoms with E-state index >= 15 is 0 Å². The number of hydrogen-bond acceptors (Lipinski definition) is 6. The molecule has 0 radical (unpaired) electrons. The molecule has 1 aromatic carbocycles. The third kappa shape index (κ3) is 2.90. The van der Waals surface area contributed by atoms with Crippen LogP contribution < -0.4 is 10.5 Å². The van der Waals surface area contributed by atoms with Crippen molar-refractivity contribution in [1.82, 2.24) is 4.98 Å². The fourth-order valence-electron chi connectivity index (χ4n) is 1.58. The number of carbonyl (C=O) groups is 1. The molecule has 6 nitrogen and oxygen atoms in total. The van der Waals surface area contributed by atoms with Gasteiger partial charge in [0.2, 0.25) is 5.88 Å². The fourth-order valence-corrected chi connectivity index (χ4v) is 1.58. The summed E-state index contributed by atoms with van der Waals surface area (Å²) in [5.74, 6) is -1.31. The van der Waals surface area contributed by atoms with Gasteiger partial charge in [-0.1, -0.05) is 0 Å². The average molecular weight is 287 g/mol. The summed E-state index contributed by atoms with van der Waals surface area (Å²) in [7, 11) is 1.22. The van der Waals surface area contributed by atoms with Crippen LogP contribution in [0.2, 0.25) is 0 Å². The van der Waals surface area contributed by atoms with Gasteiger partial charge in [0, 0.05) is 12.3 Å². The van der Waals surface area contributed by atoms with E-state index in [1.165, 1.54) is 31.5 Å². The van der Waals surface area contributed by atoms with Crippen LogP contribution in [-0.2, 0) is 4.74 Å². The lowest BCUT2D eigenvalue weighted by Crippen LogP contribution is -2.07. The number of rotatable bonds is 3. The van der Waals surface area contributed by atoms with E-state index in [-0.39, 0.29) is 28.4 Å². The maximum Gasteiger partial charge on any atom is 0.340 e. The van der Waals surface area contributed by atoms with Gasteiger partial charge < -0.3 is 15.2 Å². The minimum atomic E-state index is -0.724. The molecule has 0 unspecified atom stereocenters. The second-order valence-electron chi connectivity index (χ2n) is 3.92. The number of aromatic nitrogens is 1. The Bertz CT molecular complexity index is 741. The van der Waals surface area contributed by atoms with E-state index in [2.05, 4.69) is 9.72 Å². The number of ether oxygens (including phenoxy) is 2. The maximum atomic E-state index is 13.5. The van der Waals surface area contributed by atoms with Crippen LogP contribution in [0.5, 0.6) is 11.6 Å².